The van der Waals surface area contributed by atoms with E-state index < -0.39 is 0 Å². The lowest BCUT2D eigenvalue weighted by atomic mass is 10.0. The number of amides is 1. The highest BCUT2D eigenvalue weighted by Crippen LogP contribution is 2.33. The molecule has 2 atom stereocenters. The van der Waals surface area contributed by atoms with Gasteiger partial charge in [0, 0.05) is 12.5 Å². The van der Waals surface area contributed by atoms with Crippen molar-refractivity contribution in [1.82, 2.24) is 4.90 Å². The topological polar surface area (TPSA) is 20.3 Å². The molecule has 2 unspecified atom stereocenters. The number of likely N-dealkylation sites (tertiary alicyclic amines) is 1. The molecule has 1 saturated heterocycles. The standard InChI is InChI=1S/C16H22FNO/c1-3-5-12(2)16(19)18-11-4-6-15(18)13-7-9-14(17)10-8-13/h7-10,12,15H,3-6,11H2,1-2H3. The smallest absolute Gasteiger partial charge is 0.225 e. The molecule has 0 spiro atoms. The maximum atomic E-state index is 13.0. The molecule has 1 aliphatic rings. The number of hydrogen-bond donors (Lipinski definition) is 0. The van der Waals surface area contributed by atoms with Gasteiger partial charge < -0.3 is 4.90 Å². The molecule has 1 heterocycles. The van der Waals surface area contributed by atoms with Crippen LogP contribution in [-0.4, -0.2) is 17.4 Å². The maximum Gasteiger partial charge on any atom is 0.225 e. The van der Waals surface area contributed by atoms with E-state index in [0.29, 0.717) is 0 Å². The fourth-order valence-corrected chi connectivity index (χ4v) is 2.90. The Morgan fingerprint density at radius 2 is 2.11 bits per heavy atom. The summed E-state index contributed by atoms with van der Waals surface area (Å²) in [5.74, 6) is 0.110. The minimum absolute atomic E-state index is 0.0889. The van der Waals surface area contributed by atoms with Gasteiger partial charge in [0.15, 0.2) is 0 Å². The van der Waals surface area contributed by atoms with Gasteiger partial charge >= 0.3 is 0 Å². The summed E-state index contributed by atoms with van der Waals surface area (Å²) in [6.07, 6.45) is 3.98. The van der Waals surface area contributed by atoms with Crippen LogP contribution < -0.4 is 0 Å². The first kappa shape index (κ1) is 14.0. The molecule has 1 aromatic carbocycles. The molecule has 19 heavy (non-hydrogen) atoms. The fraction of sp³-hybridized carbons (Fsp3) is 0.562. The third-order valence-corrected chi connectivity index (χ3v) is 3.93. The van der Waals surface area contributed by atoms with Gasteiger partial charge in [0.2, 0.25) is 5.91 Å². The van der Waals surface area contributed by atoms with E-state index in [-0.39, 0.29) is 23.7 Å². The summed E-state index contributed by atoms with van der Waals surface area (Å²) in [6.45, 7) is 4.94. The van der Waals surface area contributed by atoms with Gasteiger partial charge in [-0.15, -0.1) is 0 Å². The van der Waals surface area contributed by atoms with Gasteiger partial charge in [0.1, 0.15) is 5.82 Å². The molecule has 1 aliphatic heterocycles. The lowest BCUT2D eigenvalue weighted by Gasteiger charge is -2.27. The number of rotatable bonds is 4. The van der Waals surface area contributed by atoms with Crippen molar-refractivity contribution in [2.75, 3.05) is 6.54 Å². The molecule has 0 radical (unpaired) electrons. The Morgan fingerprint density at radius 1 is 1.42 bits per heavy atom. The average molecular weight is 263 g/mol. The first-order valence-electron chi connectivity index (χ1n) is 7.19. The fourth-order valence-electron chi connectivity index (χ4n) is 2.90. The summed E-state index contributed by atoms with van der Waals surface area (Å²) in [7, 11) is 0. The summed E-state index contributed by atoms with van der Waals surface area (Å²) >= 11 is 0. The number of halogens is 1. The zero-order valence-electron chi connectivity index (χ0n) is 11.7. The van der Waals surface area contributed by atoms with Crippen LogP contribution >= 0.6 is 0 Å². The number of hydrogen-bond acceptors (Lipinski definition) is 1. The Balaban J connectivity index is 2.12. The van der Waals surface area contributed by atoms with E-state index in [2.05, 4.69) is 6.92 Å². The van der Waals surface area contributed by atoms with Crippen molar-refractivity contribution >= 4 is 5.91 Å². The largest absolute Gasteiger partial charge is 0.335 e. The van der Waals surface area contributed by atoms with Gasteiger partial charge in [-0.3, -0.25) is 4.79 Å². The summed E-state index contributed by atoms with van der Waals surface area (Å²) in [6, 6.07) is 6.69. The predicted octanol–water partition coefficient (Wildman–Crippen LogP) is 3.93. The van der Waals surface area contributed by atoms with E-state index in [0.717, 1.165) is 37.8 Å². The second-order valence-electron chi connectivity index (χ2n) is 5.43. The van der Waals surface area contributed by atoms with Crippen molar-refractivity contribution in [3.8, 4) is 0 Å². The minimum Gasteiger partial charge on any atom is -0.335 e. The van der Waals surface area contributed by atoms with Crippen LogP contribution in [0.25, 0.3) is 0 Å². The SMILES string of the molecule is CCCC(C)C(=O)N1CCCC1c1ccc(F)cc1. The minimum atomic E-state index is -0.223. The second-order valence-corrected chi connectivity index (χ2v) is 5.43. The monoisotopic (exact) mass is 263 g/mol. The summed E-state index contributed by atoms with van der Waals surface area (Å²) in [5.41, 5.74) is 1.05. The summed E-state index contributed by atoms with van der Waals surface area (Å²) in [4.78, 5) is 14.4. The molecular formula is C16H22FNO. The molecule has 0 aliphatic carbocycles. The van der Waals surface area contributed by atoms with Crippen LogP contribution in [0.5, 0.6) is 0 Å². The molecule has 2 nitrogen and oxygen atoms in total. The molecule has 0 bridgehead atoms. The zero-order chi connectivity index (χ0) is 13.8. The van der Waals surface area contributed by atoms with Crippen LogP contribution in [-0.2, 0) is 4.79 Å². The van der Waals surface area contributed by atoms with E-state index in [4.69, 9.17) is 0 Å². The summed E-state index contributed by atoms with van der Waals surface area (Å²) in [5, 5.41) is 0. The van der Waals surface area contributed by atoms with Crippen LogP contribution in [0.2, 0.25) is 0 Å². The Morgan fingerprint density at radius 3 is 2.74 bits per heavy atom. The van der Waals surface area contributed by atoms with Crippen molar-refractivity contribution in [3.05, 3.63) is 35.6 Å². The molecule has 0 N–H and O–H groups in total. The van der Waals surface area contributed by atoms with Crippen molar-refractivity contribution in [2.45, 2.75) is 45.6 Å². The molecule has 0 aromatic heterocycles. The van der Waals surface area contributed by atoms with E-state index in [1.807, 2.05) is 11.8 Å². The third kappa shape index (κ3) is 3.14. The van der Waals surface area contributed by atoms with Gasteiger partial charge in [-0.25, -0.2) is 4.39 Å². The van der Waals surface area contributed by atoms with Crippen molar-refractivity contribution in [2.24, 2.45) is 5.92 Å². The Labute approximate surface area is 114 Å². The van der Waals surface area contributed by atoms with E-state index >= 15 is 0 Å². The molecule has 1 aromatic rings. The lowest BCUT2D eigenvalue weighted by molar-refractivity contribution is -0.136. The lowest BCUT2D eigenvalue weighted by Crippen LogP contribution is -2.34. The van der Waals surface area contributed by atoms with Crippen LogP contribution in [0.1, 0.15) is 51.1 Å². The molecule has 104 valence electrons. The highest BCUT2D eigenvalue weighted by Gasteiger charge is 2.31. The highest BCUT2D eigenvalue weighted by molar-refractivity contribution is 5.79. The first-order valence-corrected chi connectivity index (χ1v) is 7.19. The average Bonchev–Trinajstić information content (AvgIpc) is 2.88. The number of benzene rings is 1. The number of carbonyl (C=O) groups is 1. The quantitative estimate of drug-likeness (QED) is 0.806. The van der Waals surface area contributed by atoms with Gasteiger partial charge in [0.25, 0.3) is 0 Å². The van der Waals surface area contributed by atoms with E-state index in [1.54, 1.807) is 12.1 Å². The van der Waals surface area contributed by atoms with Gasteiger partial charge in [-0.05, 0) is 37.0 Å². The zero-order valence-corrected chi connectivity index (χ0v) is 11.7. The normalized spacial score (nSPS) is 20.6. The Bertz CT molecular complexity index is 429. The molecule has 2 rings (SSSR count). The van der Waals surface area contributed by atoms with Crippen LogP contribution in [0.3, 0.4) is 0 Å². The van der Waals surface area contributed by atoms with Crippen molar-refractivity contribution in [3.63, 3.8) is 0 Å². The van der Waals surface area contributed by atoms with Gasteiger partial charge in [-0.1, -0.05) is 32.4 Å². The molecule has 1 fully saturated rings. The Kier molecular flexibility index (Phi) is 4.56. The van der Waals surface area contributed by atoms with Gasteiger partial charge in [0.05, 0.1) is 6.04 Å². The van der Waals surface area contributed by atoms with E-state index in [9.17, 15) is 9.18 Å². The molecule has 3 heteroatoms. The highest BCUT2D eigenvalue weighted by atomic mass is 19.1. The maximum absolute atomic E-state index is 13.0. The van der Waals surface area contributed by atoms with Crippen molar-refractivity contribution < 1.29 is 9.18 Å². The molecular weight excluding hydrogens is 241 g/mol. The third-order valence-electron chi connectivity index (χ3n) is 3.93. The first-order chi connectivity index (χ1) is 9.13. The van der Waals surface area contributed by atoms with Crippen molar-refractivity contribution in [1.29, 1.82) is 0 Å². The Hall–Kier alpha value is -1.38. The number of nitrogens with zero attached hydrogens (tertiary/aromatic N) is 1. The van der Waals surface area contributed by atoms with Crippen LogP contribution in [0.4, 0.5) is 4.39 Å². The molecule has 1 amide bonds. The number of carbonyl (C=O) groups excluding carboxylic acids is 1. The van der Waals surface area contributed by atoms with Gasteiger partial charge in [-0.2, -0.15) is 0 Å². The van der Waals surface area contributed by atoms with Crippen LogP contribution in [0, 0.1) is 11.7 Å². The van der Waals surface area contributed by atoms with E-state index in [1.165, 1.54) is 12.1 Å². The van der Waals surface area contributed by atoms with Crippen LogP contribution in [0.15, 0.2) is 24.3 Å². The second kappa shape index (κ2) is 6.18. The predicted molar refractivity (Wildman–Crippen MR) is 74.2 cm³/mol. The molecule has 0 saturated carbocycles. The summed E-state index contributed by atoms with van der Waals surface area (Å²) < 4.78 is 13.0.